The number of carbonyl (C=O) groups is 1. The molecule has 0 saturated carbocycles. The fourth-order valence-corrected chi connectivity index (χ4v) is 4.25. The van der Waals surface area contributed by atoms with E-state index in [1.807, 2.05) is 60.7 Å². The molecule has 0 aliphatic carbocycles. The number of halogens is 2. The summed E-state index contributed by atoms with van der Waals surface area (Å²) in [7, 11) is 0. The lowest BCUT2D eigenvalue weighted by Gasteiger charge is -2.09. The van der Waals surface area contributed by atoms with Crippen LogP contribution in [0.15, 0.2) is 72.8 Å². The zero-order valence-electron chi connectivity index (χ0n) is 15.7. The van der Waals surface area contributed by atoms with Crippen molar-refractivity contribution in [2.45, 2.75) is 12.4 Å². The van der Waals surface area contributed by atoms with E-state index in [1.165, 1.54) is 0 Å². The second-order valence-corrected chi connectivity index (χ2v) is 8.23. The highest BCUT2D eigenvalue weighted by Crippen LogP contribution is 2.28. The van der Waals surface area contributed by atoms with Crippen LogP contribution in [-0.4, -0.2) is 18.2 Å². The van der Waals surface area contributed by atoms with Gasteiger partial charge in [0.25, 0.3) is 5.91 Å². The predicted octanol–water partition coefficient (Wildman–Crippen LogP) is 6.24. The summed E-state index contributed by atoms with van der Waals surface area (Å²) in [4.78, 5) is 12.4. The molecule has 0 atom stereocenters. The van der Waals surface area contributed by atoms with Crippen LogP contribution in [0.4, 0.5) is 0 Å². The van der Waals surface area contributed by atoms with Crippen LogP contribution >= 0.6 is 35.0 Å². The molecule has 0 unspecified atom stereocenters. The maximum atomic E-state index is 12.4. The molecule has 0 radical (unpaired) electrons. The maximum absolute atomic E-state index is 12.4. The third kappa shape index (κ3) is 6.70. The van der Waals surface area contributed by atoms with Gasteiger partial charge in [-0.2, -0.15) is 11.8 Å². The molecule has 3 nitrogen and oxygen atoms in total. The van der Waals surface area contributed by atoms with Gasteiger partial charge >= 0.3 is 0 Å². The van der Waals surface area contributed by atoms with Crippen LogP contribution in [0.25, 0.3) is 0 Å². The monoisotopic (exact) mass is 445 g/mol. The number of rotatable bonds is 9. The quantitative estimate of drug-likeness (QED) is 0.396. The van der Waals surface area contributed by atoms with E-state index in [-0.39, 0.29) is 5.91 Å². The van der Waals surface area contributed by atoms with Gasteiger partial charge in [-0.25, -0.2) is 0 Å². The standard InChI is InChI=1S/C23H21Cl2NO2S/c24-21-10-5-11-22(25)20(21)16-29-13-12-26-23(27)18-8-4-9-19(14-18)28-15-17-6-2-1-3-7-17/h1-11,14H,12-13,15-16H2,(H,26,27). The second kappa shape index (κ2) is 11.1. The van der Waals surface area contributed by atoms with Crippen molar-refractivity contribution < 1.29 is 9.53 Å². The summed E-state index contributed by atoms with van der Waals surface area (Å²) >= 11 is 14.0. The molecule has 150 valence electrons. The molecular formula is C23H21Cl2NO2S. The molecule has 29 heavy (non-hydrogen) atoms. The summed E-state index contributed by atoms with van der Waals surface area (Å²) in [6.07, 6.45) is 0. The number of ether oxygens (including phenoxy) is 1. The van der Waals surface area contributed by atoms with E-state index in [0.29, 0.717) is 40.3 Å². The summed E-state index contributed by atoms with van der Waals surface area (Å²) in [6, 6.07) is 22.6. The minimum atomic E-state index is -0.119. The van der Waals surface area contributed by atoms with Crippen molar-refractivity contribution in [1.29, 1.82) is 0 Å². The van der Waals surface area contributed by atoms with E-state index in [1.54, 1.807) is 23.9 Å². The molecule has 0 fully saturated rings. The third-order valence-electron chi connectivity index (χ3n) is 4.18. The zero-order chi connectivity index (χ0) is 20.5. The molecule has 3 rings (SSSR count). The Morgan fingerprint density at radius 1 is 0.931 bits per heavy atom. The normalized spacial score (nSPS) is 10.6. The first-order valence-electron chi connectivity index (χ1n) is 9.19. The van der Waals surface area contributed by atoms with Crippen LogP contribution < -0.4 is 10.1 Å². The van der Waals surface area contributed by atoms with Crippen LogP contribution in [0, 0.1) is 0 Å². The van der Waals surface area contributed by atoms with Crippen LogP contribution in [0.2, 0.25) is 10.0 Å². The van der Waals surface area contributed by atoms with Gasteiger partial charge in [-0.05, 0) is 41.5 Å². The van der Waals surface area contributed by atoms with Gasteiger partial charge in [-0.1, -0.05) is 65.7 Å². The molecule has 0 heterocycles. The summed E-state index contributed by atoms with van der Waals surface area (Å²) in [5.74, 6) is 2.02. The highest BCUT2D eigenvalue weighted by molar-refractivity contribution is 7.98. The van der Waals surface area contributed by atoms with E-state index in [2.05, 4.69) is 5.32 Å². The Balaban J connectivity index is 1.43. The fraction of sp³-hybridized carbons (Fsp3) is 0.174. The summed E-state index contributed by atoms with van der Waals surface area (Å²) in [5, 5.41) is 4.27. The Kier molecular flexibility index (Phi) is 8.29. The van der Waals surface area contributed by atoms with Crippen LogP contribution in [0.1, 0.15) is 21.5 Å². The fourth-order valence-electron chi connectivity index (χ4n) is 2.65. The third-order valence-corrected chi connectivity index (χ3v) is 5.88. The lowest BCUT2D eigenvalue weighted by molar-refractivity contribution is 0.0955. The van der Waals surface area contributed by atoms with Crippen molar-refractivity contribution in [2.75, 3.05) is 12.3 Å². The molecule has 1 amide bonds. The Morgan fingerprint density at radius 2 is 1.66 bits per heavy atom. The number of hydrogen-bond donors (Lipinski definition) is 1. The average molecular weight is 446 g/mol. The predicted molar refractivity (Wildman–Crippen MR) is 122 cm³/mol. The highest BCUT2D eigenvalue weighted by atomic mass is 35.5. The Hall–Kier alpha value is -2.14. The molecule has 3 aromatic carbocycles. The molecule has 0 aliphatic heterocycles. The minimum Gasteiger partial charge on any atom is -0.489 e. The molecule has 3 aromatic rings. The number of nitrogens with one attached hydrogen (secondary N) is 1. The molecule has 0 aromatic heterocycles. The molecule has 6 heteroatoms. The van der Waals surface area contributed by atoms with Gasteiger partial charge in [0.15, 0.2) is 0 Å². The van der Waals surface area contributed by atoms with E-state index in [4.69, 9.17) is 27.9 Å². The second-order valence-electron chi connectivity index (χ2n) is 6.31. The molecule has 0 saturated heterocycles. The highest BCUT2D eigenvalue weighted by Gasteiger charge is 2.08. The van der Waals surface area contributed by atoms with Crippen molar-refractivity contribution in [3.05, 3.63) is 99.5 Å². The molecule has 0 aliphatic rings. The maximum Gasteiger partial charge on any atom is 0.251 e. The summed E-state index contributed by atoms with van der Waals surface area (Å²) in [6.45, 7) is 1.02. The topological polar surface area (TPSA) is 38.3 Å². The van der Waals surface area contributed by atoms with E-state index in [0.717, 1.165) is 16.9 Å². The largest absolute Gasteiger partial charge is 0.489 e. The van der Waals surface area contributed by atoms with Crippen molar-refractivity contribution in [1.82, 2.24) is 5.32 Å². The lowest BCUT2D eigenvalue weighted by atomic mass is 10.2. The molecule has 1 N–H and O–H groups in total. The van der Waals surface area contributed by atoms with Gasteiger partial charge in [0, 0.05) is 33.7 Å². The van der Waals surface area contributed by atoms with Crippen LogP contribution in [0.3, 0.4) is 0 Å². The summed E-state index contributed by atoms with van der Waals surface area (Å²) < 4.78 is 5.79. The minimum absolute atomic E-state index is 0.119. The van der Waals surface area contributed by atoms with Gasteiger partial charge < -0.3 is 10.1 Å². The van der Waals surface area contributed by atoms with E-state index in [9.17, 15) is 4.79 Å². The Bertz CT molecular complexity index is 930. The van der Waals surface area contributed by atoms with Gasteiger partial charge in [0.05, 0.1) is 0 Å². The molecule has 0 bridgehead atoms. The van der Waals surface area contributed by atoms with Crippen LogP contribution in [-0.2, 0) is 12.4 Å². The van der Waals surface area contributed by atoms with E-state index < -0.39 is 0 Å². The first kappa shape index (κ1) is 21.6. The van der Waals surface area contributed by atoms with Crippen LogP contribution in [0.5, 0.6) is 5.75 Å². The van der Waals surface area contributed by atoms with Gasteiger partial charge in [-0.3, -0.25) is 4.79 Å². The van der Waals surface area contributed by atoms with E-state index >= 15 is 0 Å². The van der Waals surface area contributed by atoms with Gasteiger partial charge in [0.2, 0.25) is 0 Å². The number of benzene rings is 3. The molecular weight excluding hydrogens is 425 g/mol. The average Bonchev–Trinajstić information content (AvgIpc) is 2.74. The van der Waals surface area contributed by atoms with Crippen molar-refractivity contribution >= 4 is 40.9 Å². The number of carbonyl (C=O) groups excluding carboxylic acids is 1. The first-order chi connectivity index (χ1) is 14.1. The lowest BCUT2D eigenvalue weighted by Crippen LogP contribution is -2.25. The Morgan fingerprint density at radius 3 is 2.41 bits per heavy atom. The number of thioether (sulfide) groups is 1. The number of amides is 1. The van der Waals surface area contributed by atoms with Gasteiger partial charge in [-0.15, -0.1) is 0 Å². The SMILES string of the molecule is O=C(NCCSCc1c(Cl)cccc1Cl)c1cccc(OCc2ccccc2)c1. The van der Waals surface area contributed by atoms with Crippen molar-refractivity contribution in [2.24, 2.45) is 0 Å². The Labute approximate surface area is 185 Å². The molecule has 0 spiro atoms. The number of hydrogen-bond acceptors (Lipinski definition) is 3. The van der Waals surface area contributed by atoms with Crippen molar-refractivity contribution in [3.8, 4) is 5.75 Å². The smallest absolute Gasteiger partial charge is 0.251 e. The van der Waals surface area contributed by atoms with Crippen molar-refractivity contribution in [3.63, 3.8) is 0 Å². The first-order valence-corrected chi connectivity index (χ1v) is 11.1. The van der Waals surface area contributed by atoms with Gasteiger partial charge in [0.1, 0.15) is 12.4 Å². The summed E-state index contributed by atoms with van der Waals surface area (Å²) in [5.41, 5.74) is 2.59. The zero-order valence-corrected chi connectivity index (χ0v) is 18.1.